The van der Waals surface area contributed by atoms with Gasteiger partial charge in [0, 0.05) is 6.42 Å². The molecule has 0 heterocycles. The number of carbonyl (C=O) groups is 1. The van der Waals surface area contributed by atoms with E-state index in [-0.39, 0.29) is 19.1 Å². The maximum absolute atomic E-state index is 12.6. The number of nitrogens with zero attached hydrogens (tertiary/aromatic N) is 1. The molecule has 43 heavy (non-hydrogen) atoms. The molecule has 3 atom stereocenters. The van der Waals surface area contributed by atoms with Gasteiger partial charge in [0.25, 0.3) is 7.82 Å². The molecule has 1 amide bonds. The Morgan fingerprint density at radius 3 is 2.02 bits per heavy atom. The van der Waals surface area contributed by atoms with Gasteiger partial charge in [-0.05, 0) is 51.4 Å². The SMILES string of the molecule is CC/C=C\C/C=C\C/C=C\C/C=C\CCCCCCC(=O)NC(COP(=O)([O-])OCC[N+](C)(C)C)C(O)CCCCCC. The van der Waals surface area contributed by atoms with Gasteiger partial charge in [0.2, 0.25) is 5.91 Å². The van der Waals surface area contributed by atoms with Crippen molar-refractivity contribution in [2.45, 2.75) is 122 Å². The van der Waals surface area contributed by atoms with Crippen molar-refractivity contribution in [1.82, 2.24) is 5.32 Å². The monoisotopic (exact) mass is 626 g/mol. The maximum Gasteiger partial charge on any atom is 0.268 e. The van der Waals surface area contributed by atoms with Gasteiger partial charge < -0.3 is 28.8 Å². The number of quaternary nitrogens is 1. The number of nitrogens with one attached hydrogen (secondary N) is 1. The van der Waals surface area contributed by atoms with Crippen LogP contribution in [-0.2, 0) is 18.4 Å². The number of aliphatic hydroxyl groups excluding tert-OH is 1. The summed E-state index contributed by atoms with van der Waals surface area (Å²) in [5, 5.41) is 13.5. The van der Waals surface area contributed by atoms with Crippen molar-refractivity contribution >= 4 is 13.7 Å². The first-order chi connectivity index (χ1) is 20.5. The van der Waals surface area contributed by atoms with E-state index in [1.807, 2.05) is 21.1 Å². The molecule has 0 aromatic heterocycles. The van der Waals surface area contributed by atoms with Crippen molar-refractivity contribution < 1.29 is 32.9 Å². The summed E-state index contributed by atoms with van der Waals surface area (Å²) in [5.41, 5.74) is 0. The summed E-state index contributed by atoms with van der Waals surface area (Å²) in [7, 11) is 1.27. The number of unbranched alkanes of at least 4 members (excludes halogenated alkanes) is 7. The minimum atomic E-state index is -4.54. The van der Waals surface area contributed by atoms with E-state index in [4.69, 9.17) is 9.05 Å². The zero-order chi connectivity index (χ0) is 32.2. The Balaban J connectivity index is 4.35. The molecule has 250 valence electrons. The molecule has 0 aromatic rings. The van der Waals surface area contributed by atoms with Gasteiger partial charge >= 0.3 is 0 Å². The van der Waals surface area contributed by atoms with Crippen LogP contribution in [0.4, 0.5) is 0 Å². The lowest BCUT2D eigenvalue weighted by Crippen LogP contribution is -2.46. The van der Waals surface area contributed by atoms with Crippen LogP contribution in [0.3, 0.4) is 0 Å². The third-order valence-corrected chi connectivity index (χ3v) is 7.80. The molecular formula is C34H63N2O6P. The second-order valence-electron chi connectivity index (χ2n) is 12.1. The quantitative estimate of drug-likeness (QED) is 0.0413. The number of hydrogen-bond acceptors (Lipinski definition) is 6. The second-order valence-corrected chi connectivity index (χ2v) is 13.5. The highest BCUT2D eigenvalue weighted by molar-refractivity contribution is 7.45. The van der Waals surface area contributed by atoms with Crippen molar-refractivity contribution in [3.05, 3.63) is 48.6 Å². The molecule has 0 radical (unpaired) electrons. The highest BCUT2D eigenvalue weighted by Gasteiger charge is 2.24. The van der Waals surface area contributed by atoms with Gasteiger partial charge in [0.1, 0.15) is 13.2 Å². The van der Waals surface area contributed by atoms with E-state index in [0.717, 1.165) is 83.5 Å². The van der Waals surface area contributed by atoms with Crippen LogP contribution in [0.5, 0.6) is 0 Å². The third-order valence-electron chi connectivity index (χ3n) is 6.83. The second kappa shape index (κ2) is 26.8. The number of allylic oxidation sites excluding steroid dienone is 8. The Bertz CT molecular complexity index is 850. The Morgan fingerprint density at radius 2 is 1.42 bits per heavy atom. The molecule has 0 aliphatic rings. The van der Waals surface area contributed by atoms with Gasteiger partial charge in [0.15, 0.2) is 0 Å². The first-order valence-corrected chi connectivity index (χ1v) is 17.9. The Kier molecular flexibility index (Phi) is 25.9. The minimum absolute atomic E-state index is 0.00313. The van der Waals surface area contributed by atoms with Crippen LogP contribution < -0.4 is 10.2 Å². The number of carbonyl (C=O) groups excluding carboxylic acids is 1. The largest absolute Gasteiger partial charge is 0.756 e. The average Bonchev–Trinajstić information content (AvgIpc) is 2.94. The summed E-state index contributed by atoms with van der Waals surface area (Å²) in [6.45, 7) is 4.41. The number of phosphoric ester groups is 1. The predicted octanol–water partition coefficient (Wildman–Crippen LogP) is 7.16. The van der Waals surface area contributed by atoms with Gasteiger partial charge in [-0.1, -0.05) is 101 Å². The van der Waals surface area contributed by atoms with Crippen molar-refractivity contribution in [1.29, 1.82) is 0 Å². The molecule has 2 N–H and O–H groups in total. The van der Waals surface area contributed by atoms with Crippen molar-refractivity contribution in [3.8, 4) is 0 Å². The Labute approximate surface area is 263 Å². The number of rotatable bonds is 28. The molecule has 0 aliphatic carbocycles. The van der Waals surface area contributed by atoms with Crippen molar-refractivity contribution in [2.75, 3.05) is 40.9 Å². The molecule has 0 rings (SSSR count). The molecule has 0 fully saturated rings. The molecular weight excluding hydrogens is 563 g/mol. The van der Waals surface area contributed by atoms with E-state index < -0.39 is 20.0 Å². The van der Waals surface area contributed by atoms with E-state index in [0.29, 0.717) is 23.9 Å². The van der Waals surface area contributed by atoms with E-state index >= 15 is 0 Å². The van der Waals surface area contributed by atoms with Gasteiger partial charge in [-0.3, -0.25) is 9.36 Å². The first kappa shape index (κ1) is 41.5. The van der Waals surface area contributed by atoms with Crippen molar-refractivity contribution in [3.63, 3.8) is 0 Å². The molecule has 0 spiro atoms. The van der Waals surface area contributed by atoms with E-state index in [1.54, 1.807) is 0 Å². The lowest BCUT2D eigenvalue weighted by Gasteiger charge is -2.30. The van der Waals surface area contributed by atoms with Gasteiger partial charge in [-0.2, -0.15) is 0 Å². The molecule has 0 saturated heterocycles. The van der Waals surface area contributed by atoms with Crippen LogP contribution in [0.2, 0.25) is 0 Å². The average molecular weight is 627 g/mol. The van der Waals surface area contributed by atoms with Crippen LogP contribution in [0.15, 0.2) is 48.6 Å². The number of phosphoric acid groups is 1. The van der Waals surface area contributed by atoms with Crippen LogP contribution in [-0.4, -0.2) is 68.5 Å². The standard InChI is InChI=1S/C34H63N2O6P/c1-6-8-10-12-13-14-15-16-17-18-19-20-21-22-23-24-26-28-34(38)35-32(33(37)27-25-11-9-7-2)31-42-43(39,40)41-30-29-36(3,4)5/h8,10,13-14,16-17,19-20,32-33,37H,6-7,9,11-12,15,18,21-31H2,1-5H3,(H-,35,38,39,40)/b10-8-,14-13-,17-16-,20-19-. The Morgan fingerprint density at radius 1 is 0.837 bits per heavy atom. The summed E-state index contributed by atoms with van der Waals surface area (Å²) < 4.78 is 22.8. The molecule has 8 nitrogen and oxygen atoms in total. The van der Waals surface area contributed by atoms with Crippen LogP contribution in [0, 0.1) is 0 Å². The third kappa shape index (κ3) is 29.0. The zero-order valence-corrected chi connectivity index (χ0v) is 28.8. The molecule has 0 saturated carbocycles. The number of hydrogen-bond donors (Lipinski definition) is 2. The van der Waals surface area contributed by atoms with E-state index in [1.165, 1.54) is 0 Å². The normalized spacial score (nSPS) is 15.6. The highest BCUT2D eigenvalue weighted by atomic mass is 31.2. The van der Waals surface area contributed by atoms with E-state index in [2.05, 4.69) is 67.8 Å². The maximum atomic E-state index is 12.6. The molecule has 9 heteroatoms. The minimum Gasteiger partial charge on any atom is -0.756 e. The summed E-state index contributed by atoms with van der Waals surface area (Å²) in [4.78, 5) is 24.9. The van der Waals surface area contributed by atoms with Crippen molar-refractivity contribution in [2.24, 2.45) is 0 Å². The highest BCUT2D eigenvalue weighted by Crippen LogP contribution is 2.38. The lowest BCUT2D eigenvalue weighted by molar-refractivity contribution is -0.870. The number of likely N-dealkylation sites (N-methyl/N-ethyl adjacent to an activating group) is 1. The fourth-order valence-corrected chi connectivity index (χ4v) is 4.87. The molecule has 3 unspecified atom stereocenters. The van der Waals surface area contributed by atoms with Crippen LogP contribution in [0.25, 0.3) is 0 Å². The fraction of sp³-hybridized carbons (Fsp3) is 0.735. The predicted molar refractivity (Wildman–Crippen MR) is 178 cm³/mol. The summed E-state index contributed by atoms with van der Waals surface area (Å²) >= 11 is 0. The Hall–Kier alpha value is -1.54. The lowest BCUT2D eigenvalue weighted by atomic mass is 10.0. The first-order valence-electron chi connectivity index (χ1n) is 16.5. The fourth-order valence-electron chi connectivity index (χ4n) is 4.14. The van der Waals surface area contributed by atoms with Crippen LogP contribution >= 0.6 is 7.82 Å². The van der Waals surface area contributed by atoms with Gasteiger partial charge in [0.05, 0.1) is 39.9 Å². The molecule has 0 bridgehead atoms. The number of amides is 1. The summed E-state index contributed by atoms with van der Waals surface area (Å²) in [6, 6.07) is -0.809. The van der Waals surface area contributed by atoms with Gasteiger partial charge in [-0.15, -0.1) is 0 Å². The number of aliphatic hydroxyl groups is 1. The summed E-state index contributed by atoms with van der Waals surface area (Å²) in [6.07, 6.45) is 30.2. The summed E-state index contributed by atoms with van der Waals surface area (Å²) in [5.74, 6) is -0.202. The molecule has 0 aromatic carbocycles. The smallest absolute Gasteiger partial charge is 0.268 e. The molecule has 0 aliphatic heterocycles. The van der Waals surface area contributed by atoms with Gasteiger partial charge in [-0.25, -0.2) is 0 Å². The zero-order valence-electron chi connectivity index (χ0n) is 27.9. The van der Waals surface area contributed by atoms with E-state index in [9.17, 15) is 19.4 Å². The van der Waals surface area contributed by atoms with Crippen LogP contribution in [0.1, 0.15) is 110 Å². The topological polar surface area (TPSA) is 108 Å².